The Morgan fingerprint density at radius 1 is 1.45 bits per heavy atom. The fourth-order valence-electron chi connectivity index (χ4n) is 2.19. The number of halogens is 2. The van der Waals surface area contributed by atoms with Crippen LogP contribution in [0.5, 0.6) is 0 Å². The van der Waals surface area contributed by atoms with Crippen LogP contribution in [0.3, 0.4) is 0 Å². The standard InChI is InChI=1S/C11H13F2N3O3S/c12-7-3-4-8(13)10(6-7)20(18,19)16-5-1-2-9(16)11(14)15-17/h3-4,6,9,17H,1-2,5H2,(H2,14,15). The van der Waals surface area contributed by atoms with Crippen molar-refractivity contribution in [3.8, 4) is 0 Å². The second-order valence-corrected chi connectivity index (χ2v) is 6.23. The quantitative estimate of drug-likeness (QED) is 0.375. The molecule has 0 aliphatic carbocycles. The summed E-state index contributed by atoms with van der Waals surface area (Å²) >= 11 is 0. The highest BCUT2D eigenvalue weighted by Crippen LogP contribution is 2.28. The van der Waals surface area contributed by atoms with Gasteiger partial charge in [-0.25, -0.2) is 17.2 Å². The van der Waals surface area contributed by atoms with Crippen LogP contribution in [0.4, 0.5) is 8.78 Å². The van der Waals surface area contributed by atoms with E-state index in [1.165, 1.54) is 0 Å². The summed E-state index contributed by atoms with van der Waals surface area (Å²) in [6.45, 7) is 0.0964. The number of hydrogen-bond donors (Lipinski definition) is 2. The predicted octanol–water partition coefficient (Wildman–Crippen LogP) is 0.864. The normalized spacial score (nSPS) is 21.3. The summed E-state index contributed by atoms with van der Waals surface area (Å²) in [5.41, 5.74) is 5.44. The van der Waals surface area contributed by atoms with E-state index in [-0.39, 0.29) is 12.4 Å². The molecule has 6 nitrogen and oxygen atoms in total. The van der Waals surface area contributed by atoms with Crippen molar-refractivity contribution in [2.24, 2.45) is 10.9 Å². The number of rotatable bonds is 3. The zero-order valence-electron chi connectivity index (χ0n) is 10.3. The zero-order valence-corrected chi connectivity index (χ0v) is 11.1. The highest BCUT2D eigenvalue weighted by Gasteiger charge is 2.39. The average molecular weight is 305 g/mol. The molecule has 110 valence electrons. The van der Waals surface area contributed by atoms with Gasteiger partial charge in [0.05, 0.1) is 6.04 Å². The molecule has 9 heteroatoms. The fourth-order valence-corrected chi connectivity index (χ4v) is 3.94. The zero-order chi connectivity index (χ0) is 14.9. The lowest BCUT2D eigenvalue weighted by Crippen LogP contribution is -2.44. The first-order chi connectivity index (χ1) is 9.37. The minimum absolute atomic E-state index is 0.0964. The molecule has 1 saturated heterocycles. The fraction of sp³-hybridized carbons (Fsp3) is 0.364. The Labute approximate surface area is 114 Å². The molecule has 0 radical (unpaired) electrons. The van der Waals surface area contributed by atoms with E-state index in [0.29, 0.717) is 18.9 Å². The SMILES string of the molecule is NC(=NO)C1CCCN1S(=O)(=O)c1cc(F)ccc1F. The number of nitrogens with two attached hydrogens (primary N) is 1. The molecule has 2 rings (SSSR count). The number of hydrogen-bond acceptors (Lipinski definition) is 4. The van der Waals surface area contributed by atoms with Gasteiger partial charge in [0.1, 0.15) is 16.5 Å². The van der Waals surface area contributed by atoms with Gasteiger partial charge >= 0.3 is 0 Å². The molecule has 0 amide bonds. The van der Waals surface area contributed by atoms with Crippen LogP contribution in [-0.2, 0) is 10.0 Å². The van der Waals surface area contributed by atoms with Gasteiger partial charge in [0.25, 0.3) is 0 Å². The minimum Gasteiger partial charge on any atom is -0.409 e. The minimum atomic E-state index is -4.25. The van der Waals surface area contributed by atoms with Gasteiger partial charge in [-0.3, -0.25) is 0 Å². The van der Waals surface area contributed by atoms with E-state index in [0.717, 1.165) is 16.4 Å². The molecule has 0 bridgehead atoms. The van der Waals surface area contributed by atoms with Gasteiger partial charge in [-0.2, -0.15) is 4.31 Å². The van der Waals surface area contributed by atoms with E-state index in [1.807, 2.05) is 0 Å². The lowest BCUT2D eigenvalue weighted by Gasteiger charge is -2.23. The summed E-state index contributed by atoms with van der Waals surface area (Å²) in [6.07, 6.45) is 0.836. The molecule has 1 atom stereocenters. The summed E-state index contributed by atoms with van der Waals surface area (Å²) in [7, 11) is -4.25. The third-order valence-electron chi connectivity index (χ3n) is 3.14. The van der Waals surface area contributed by atoms with E-state index in [2.05, 4.69) is 5.16 Å². The Morgan fingerprint density at radius 3 is 2.80 bits per heavy atom. The summed E-state index contributed by atoms with van der Waals surface area (Å²) < 4.78 is 52.4. The van der Waals surface area contributed by atoms with Gasteiger partial charge in [0.2, 0.25) is 10.0 Å². The molecule has 1 aromatic carbocycles. The van der Waals surface area contributed by atoms with Crippen LogP contribution >= 0.6 is 0 Å². The van der Waals surface area contributed by atoms with Crippen LogP contribution in [0.1, 0.15) is 12.8 Å². The summed E-state index contributed by atoms with van der Waals surface area (Å²) in [4.78, 5) is -0.755. The molecule has 0 saturated carbocycles. The number of nitrogens with zero attached hydrogens (tertiary/aromatic N) is 2. The first kappa shape index (κ1) is 14.7. The topological polar surface area (TPSA) is 96.0 Å². The largest absolute Gasteiger partial charge is 0.409 e. The molecular formula is C11H13F2N3O3S. The van der Waals surface area contributed by atoms with E-state index in [4.69, 9.17) is 10.9 Å². The lowest BCUT2D eigenvalue weighted by atomic mass is 10.2. The maximum atomic E-state index is 13.6. The number of sulfonamides is 1. The van der Waals surface area contributed by atoms with Crippen molar-refractivity contribution in [3.05, 3.63) is 29.8 Å². The Balaban J connectivity index is 2.47. The van der Waals surface area contributed by atoms with Crippen molar-refractivity contribution >= 4 is 15.9 Å². The van der Waals surface area contributed by atoms with Crippen LogP contribution < -0.4 is 5.73 Å². The van der Waals surface area contributed by atoms with Crippen molar-refractivity contribution in [3.63, 3.8) is 0 Å². The molecule has 1 aromatic rings. The van der Waals surface area contributed by atoms with Crippen LogP contribution in [-0.4, -0.2) is 36.4 Å². The second kappa shape index (κ2) is 5.33. The van der Waals surface area contributed by atoms with Crippen molar-refractivity contribution in [2.45, 2.75) is 23.8 Å². The molecule has 1 aliphatic rings. The monoisotopic (exact) mass is 305 g/mol. The van der Waals surface area contributed by atoms with Gasteiger partial charge in [0.15, 0.2) is 5.84 Å². The predicted molar refractivity (Wildman–Crippen MR) is 66.7 cm³/mol. The Morgan fingerprint density at radius 2 is 2.15 bits per heavy atom. The maximum Gasteiger partial charge on any atom is 0.246 e. The Hall–Kier alpha value is -1.74. The van der Waals surface area contributed by atoms with E-state index >= 15 is 0 Å². The van der Waals surface area contributed by atoms with Crippen molar-refractivity contribution in [1.82, 2.24) is 4.31 Å². The van der Waals surface area contributed by atoms with Gasteiger partial charge in [-0.1, -0.05) is 5.16 Å². The molecule has 1 aliphatic heterocycles. The molecule has 1 fully saturated rings. The van der Waals surface area contributed by atoms with Crippen molar-refractivity contribution < 1.29 is 22.4 Å². The van der Waals surface area contributed by atoms with Crippen LogP contribution in [0.2, 0.25) is 0 Å². The first-order valence-corrected chi connectivity index (χ1v) is 7.26. The molecule has 0 spiro atoms. The molecule has 1 unspecified atom stereocenters. The van der Waals surface area contributed by atoms with Gasteiger partial charge in [-0.15, -0.1) is 0 Å². The van der Waals surface area contributed by atoms with Gasteiger partial charge in [0, 0.05) is 6.54 Å². The Bertz CT molecular complexity index is 648. The van der Waals surface area contributed by atoms with Gasteiger partial charge in [-0.05, 0) is 31.0 Å². The Kier molecular flexibility index (Phi) is 3.91. The molecule has 0 aromatic heterocycles. The van der Waals surface area contributed by atoms with Gasteiger partial charge < -0.3 is 10.9 Å². The average Bonchev–Trinajstić information content (AvgIpc) is 2.90. The summed E-state index contributed by atoms with van der Waals surface area (Å²) in [6, 6.07) is 1.34. The second-order valence-electron chi connectivity index (χ2n) is 4.37. The summed E-state index contributed by atoms with van der Waals surface area (Å²) in [5, 5.41) is 11.4. The van der Waals surface area contributed by atoms with E-state index < -0.39 is 32.6 Å². The number of amidine groups is 1. The first-order valence-electron chi connectivity index (χ1n) is 5.82. The molecule has 20 heavy (non-hydrogen) atoms. The van der Waals surface area contributed by atoms with E-state index in [1.54, 1.807) is 0 Å². The number of benzene rings is 1. The highest BCUT2D eigenvalue weighted by atomic mass is 32.2. The smallest absolute Gasteiger partial charge is 0.246 e. The third kappa shape index (κ3) is 2.46. The van der Waals surface area contributed by atoms with Crippen molar-refractivity contribution in [1.29, 1.82) is 0 Å². The molecular weight excluding hydrogens is 292 g/mol. The highest BCUT2D eigenvalue weighted by molar-refractivity contribution is 7.89. The summed E-state index contributed by atoms with van der Waals surface area (Å²) in [5.74, 6) is -2.18. The van der Waals surface area contributed by atoms with Crippen molar-refractivity contribution in [2.75, 3.05) is 6.54 Å². The van der Waals surface area contributed by atoms with Crippen LogP contribution in [0.25, 0.3) is 0 Å². The molecule has 3 N–H and O–H groups in total. The lowest BCUT2D eigenvalue weighted by molar-refractivity contribution is 0.311. The molecule has 1 heterocycles. The van der Waals surface area contributed by atoms with Crippen LogP contribution in [0, 0.1) is 11.6 Å². The van der Waals surface area contributed by atoms with Crippen LogP contribution in [0.15, 0.2) is 28.3 Å². The maximum absolute atomic E-state index is 13.6. The van der Waals surface area contributed by atoms with E-state index in [9.17, 15) is 17.2 Å². The number of oxime groups is 1. The third-order valence-corrected chi connectivity index (χ3v) is 5.06.